The minimum atomic E-state index is -0.0690. The van der Waals surface area contributed by atoms with Gasteiger partial charge in [0.15, 0.2) is 0 Å². The van der Waals surface area contributed by atoms with Crippen molar-refractivity contribution in [3.63, 3.8) is 0 Å². The molecule has 1 saturated carbocycles. The third-order valence-electron chi connectivity index (χ3n) is 7.03. The highest BCUT2D eigenvalue weighted by atomic mass is 35.5. The molecule has 1 saturated heterocycles. The number of likely N-dealkylation sites (tertiary alicyclic amines) is 1. The predicted molar refractivity (Wildman–Crippen MR) is 123 cm³/mol. The Hall–Kier alpha value is -3.19. The molecular formula is C25H24ClN5O2. The van der Waals surface area contributed by atoms with E-state index in [4.69, 9.17) is 16.7 Å². The quantitative estimate of drug-likeness (QED) is 0.549. The van der Waals surface area contributed by atoms with Crippen molar-refractivity contribution >= 4 is 23.4 Å². The van der Waals surface area contributed by atoms with Gasteiger partial charge in [0.2, 0.25) is 0 Å². The van der Waals surface area contributed by atoms with E-state index in [0.29, 0.717) is 35.4 Å². The molecule has 0 spiro atoms. The number of aryl methyl sites for hydroxylation is 1. The van der Waals surface area contributed by atoms with Crippen LogP contribution in [-0.2, 0) is 0 Å². The van der Waals surface area contributed by atoms with Crippen LogP contribution in [0.2, 0.25) is 5.15 Å². The van der Waals surface area contributed by atoms with Gasteiger partial charge < -0.3 is 9.80 Å². The molecule has 2 atom stereocenters. The maximum absolute atomic E-state index is 13.9. The number of carbonyl (C=O) groups excluding carboxylic acids is 2. The molecule has 3 aromatic rings. The van der Waals surface area contributed by atoms with E-state index in [1.165, 1.54) is 6.20 Å². The van der Waals surface area contributed by atoms with E-state index in [0.717, 1.165) is 36.2 Å². The Morgan fingerprint density at radius 2 is 1.88 bits per heavy atom. The molecule has 2 unspecified atom stereocenters. The Bertz CT molecular complexity index is 1240. The second-order valence-electron chi connectivity index (χ2n) is 9.15. The molecule has 2 aromatic heterocycles. The molecule has 168 valence electrons. The number of hydrogen-bond acceptors (Lipinski definition) is 4. The molecule has 7 nitrogen and oxygen atoms in total. The molecule has 4 heterocycles. The first-order chi connectivity index (χ1) is 16.0. The Morgan fingerprint density at radius 3 is 2.58 bits per heavy atom. The molecule has 1 aromatic carbocycles. The summed E-state index contributed by atoms with van der Waals surface area (Å²) in [4.78, 5) is 34.8. The molecule has 3 aliphatic rings. The van der Waals surface area contributed by atoms with E-state index in [9.17, 15) is 9.59 Å². The number of halogens is 1. The standard InChI is InChI=1S/C25H24ClN5O2/c1-15-21-22(16-7-8-16)30(25(33)23(21)31(28-15)18-5-3-2-4-6-18)19-11-12-29(14-19)24(32)17-9-10-20(26)27-13-17/h2-6,9-10,13,16,19,22H,7-8,11-12,14H2,1H3. The third kappa shape index (κ3) is 3.33. The molecule has 2 aliphatic heterocycles. The molecule has 6 rings (SSSR count). The number of rotatable bonds is 4. The lowest BCUT2D eigenvalue weighted by Gasteiger charge is -2.31. The summed E-state index contributed by atoms with van der Waals surface area (Å²) in [6.07, 6.45) is 4.52. The largest absolute Gasteiger partial charge is 0.336 e. The van der Waals surface area contributed by atoms with E-state index in [1.54, 1.807) is 16.8 Å². The van der Waals surface area contributed by atoms with Gasteiger partial charge in [-0.05, 0) is 56.4 Å². The molecule has 0 radical (unpaired) electrons. The number of carbonyl (C=O) groups is 2. The van der Waals surface area contributed by atoms with Crippen molar-refractivity contribution in [2.45, 2.75) is 38.3 Å². The zero-order chi connectivity index (χ0) is 22.7. The second kappa shape index (κ2) is 7.70. The number of nitrogens with zero attached hydrogens (tertiary/aromatic N) is 5. The van der Waals surface area contributed by atoms with Crippen LogP contribution in [0.4, 0.5) is 0 Å². The minimum Gasteiger partial charge on any atom is -0.336 e. The fraction of sp³-hybridized carbons (Fsp3) is 0.360. The Morgan fingerprint density at radius 1 is 1.09 bits per heavy atom. The van der Waals surface area contributed by atoms with Gasteiger partial charge in [0, 0.05) is 24.8 Å². The van der Waals surface area contributed by atoms with Crippen molar-refractivity contribution in [1.29, 1.82) is 0 Å². The smallest absolute Gasteiger partial charge is 0.273 e. The fourth-order valence-electron chi connectivity index (χ4n) is 5.35. The van der Waals surface area contributed by atoms with Gasteiger partial charge in [-0.25, -0.2) is 9.67 Å². The van der Waals surface area contributed by atoms with Crippen LogP contribution in [0.3, 0.4) is 0 Å². The lowest BCUT2D eigenvalue weighted by molar-refractivity contribution is 0.0579. The van der Waals surface area contributed by atoms with Crippen LogP contribution in [0.15, 0.2) is 48.7 Å². The van der Waals surface area contributed by atoms with E-state index in [1.807, 2.05) is 42.2 Å². The number of benzene rings is 1. The van der Waals surface area contributed by atoms with Gasteiger partial charge in [-0.3, -0.25) is 9.59 Å². The fourth-order valence-corrected chi connectivity index (χ4v) is 5.46. The molecule has 33 heavy (non-hydrogen) atoms. The average molecular weight is 462 g/mol. The zero-order valence-electron chi connectivity index (χ0n) is 18.3. The van der Waals surface area contributed by atoms with E-state index in [-0.39, 0.29) is 23.9 Å². The Kier molecular flexibility index (Phi) is 4.76. The summed E-state index contributed by atoms with van der Waals surface area (Å²) < 4.78 is 1.81. The van der Waals surface area contributed by atoms with Gasteiger partial charge in [-0.2, -0.15) is 5.10 Å². The molecule has 2 fully saturated rings. The van der Waals surface area contributed by atoms with Gasteiger partial charge in [0.05, 0.1) is 29.0 Å². The molecule has 0 N–H and O–H groups in total. The summed E-state index contributed by atoms with van der Waals surface area (Å²) in [5, 5.41) is 5.11. The summed E-state index contributed by atoms with van der Waals surface area (Å²) in [6, 6.07) is 13.2. The summed E-state index contributed by atoms with van der Waals surface area (Å²) in [7, 11) is 0. The molecule has 2 amide bonds. The zero-order valence-corrected chi connectivity index (χ0v) is 19.1. The van der Waals surface area contributed by atoms with Gasteiger partial charge >= 0.3 is 0 Å². The van der Waals surface area contributed by atoms with Crippen LogP contribution >= 0.6 is 11.6 Å². The maximum atomic E-state index is 13.9. The second-order valence-corrected chi connectivity index (χ2v) is 9.54. The van der Waals surface area contributed by atoms with E-state index < -0.39 is 0 Å². The van der Waals surface area contributed by atoms with E-state index in [2.05, 4.69) is 9.88 Å². The van der Waals surface area contributed by atoms with Gasteiger partial charge in [0.25, 0.3) is 11.8 Å². The summed E-state index contributed by atoms with van der Waals surface area (Å²) >= 11 is 5.87. The summed E-state index contributed by atoms with van der Waals surface area (Å²) in [5.41, 5.74) is 4.08. The van der Waals surface area contributed by atoms with Crippen molar-refractivity contribution in [2.75, 3.05) is 13.1 Å². The normalized spacial score (nSPS) is 22.2. The number of fused-ring (bicyclic) bond motifs is 1. The van der Waals surface area contributed by atoms with Crippen LogP contribution in [0.1, 0.15) is 57.4 Å². The number of hydrogen-bond donors (Lipinski definition) is 0. The van der Waals surface area contributed by atoms with Crippen molar-refractivity contribution in [3.05, 3.63) is 76.3 Å². The summed E-state index contributed by atoms with van der Waals surface area (Å²) in [5.74, 6) is 0.423. The van der Waals surface area contributed by atoms with Gasteiger partial charge in [0.1, 0.15) is 10.8 Å². The molecule has 8 heteroatoms. The number of aromatic nitrogens is 3. The Labute approximate surface area is 197 Å². The van der Waals surface area contributed by atoms with Crippen LogP contribution in [0.25, 0.3) is 5.69 Å². The lowest BCUT2D eigenvalue weighted by Crippen LogP contribution is -2.42. The first-order valence-corrected chi connectivity index (χ1v) is 11.8. The first-order valence-electron chi connectivity index (χ1n) is 11.4. The van der Waals surface area contributed by atoms with E-state index >= 15 is 0 Å². The summed E-state index contributed by atoms with van der Waals surface area (Å²) in [6.45, 7) is 3.15. The number of para-hydroxylation sites is 1. The molecule has 0 bridgehead atoms. The average Bonchev–Trinajstić information content (AvgIpc) is 3.33. The third-order valence-corrected chi connectivity index (χ3v) is 7.25. The molecule has 1 aliphatic carbocycles. The van der Waals surface area contributed by atoms with Crippen molar-refractivity contribution in [3.8, 4) is 5.69 Å². The van der Waals surface area contributed by atoms with Crippen LogP contribution < -0.4 is 0 Å². The number of pyridine rings is 1. The van der Waals surface area contributed by atoms with Crippen LogP contribution in [-0.4, -0.2) is 55.5 Å². The van der Waals surface area contributed by atoms with Crippen molar-refractivity contribution in [1.82, 2.24) is 24.6 Å². The first kappa shape index (κ1) is 20.4. The highest BCUT2D eigenvalue weighted by molar-refractivity contribution is 6.29. The lowest BCUT2D eigenvalue weighted by atomic mass is 10.0. The number of amides is 2. The monoisotopic (exact) mass is 461 g/mol. The SMILES string of the molecule is Cc1nn(-c2ccccc2)c2c1C(C1CC1)N(C1CCN(C(=O)c3ccc(Cl)nc3)C1)C2=O. The maximum Gasteiger partial charge on any atom is 0.273 e. The minimum absolute atomic E-state index is 0.0108. The van der Waals surface area contributed by atoms with Crippen molar-refractivity contribution in [2.24, 2.45) is 5.92 Å². The van der Waals surface area contributed by atoms with Gasteiger partial charge in [-0.1, -0.05) is 29.8 Å². The molecular weight excluding hydrogens is 438 g/mol. The highest BCUT2D eigenvalue weighted by Crippen LogP contribution is 2.52. The Balaban J connectivity index is 1.31. The predicted octanol–water partition coefficient (Wildman–Crippen LogP) is 4.05. The topological polar surface area (TPSA) is 71.3 Å². The van der Waals surface area contributed by atoms with Crippen LogP contribution in [0.5, 0.6) is 0 Å². The van der Waals surface area contributed by atoms with Crippen LogP contribution in [0, 0.1) is 12.8 Å². The highest BCUT2D eigenvalue weighted by Gasteiger charge is 2.52. The van der Waals surface area contributed by atoms with Gasteiger partial charge in [-0.15, -0.1) is 0 Å². The van der Waals surface area contributed by atoms with Crippen molar-refractivity contribution < 1.29 is 9.59 Å².